The fourth-order valence-electron chi connectivity index (χ4n) is 6.45. The Kier molecular flexibility index (Phi) is 5.83. The molecule has 0 atom stereocenters. The summed E-state index contributed by atoms with van der Waals surface area (Å²) in [5.41, 5.74) is 11.8. The lowest BCUT2D eigenvalue weighted by Crippen LogP contribution is -2.15. The van der Waals surface area contributed by atoms with E-state index in [0.29, 0.717) is 0 Å². The van der Waals surface area contributed by atoms with Crippen LogP contribution < -0.4 is 5.46 Å². The molecule has 7 aromatic rings. The molecule has 0 bridgehead atoms. The van der Waals surface area contributed by atoms with Crippen molar-refractivity contribution in [2.45, 2.75) is 20.8 Å². The molecule has 188 valence electrons. The molecule has 0 heterocycles. The molecule has 7 aromatic carbocycles. The maximum absolute atomic E-state index is 6.91. The van der Waals surface area contributed by atoms with Crippen LogP contribution in [0.1, 0.15) is 16.7 Å². The summed E-state index contributed by atoms with van der Waals surface area (Å²) in [6, 6.07) is 44.1. The predicted octanol–water partition coefficient (Wildman–Crippen LogP) is 9.87. The molecule has 0 saturated heterocycles. The van der Waals surface area contributed by atoms with Crippen molar-refractivity contribution in [3.63, 3.8) is 0 Å². The molecule has 0 nitrogen and oxygen atoms in total. The Bertz CT molecular complexity index is 2030. The van der Waals surface area contributed by atoms with E-state index in [1.165, 1.54) is 71.3 Å². The van der Waals surface area contributed by atoms with E-state index in [0.717, 1.165) is 16.6 Å². The molecule has 7 rings (SSSR count). The van der Waals surface area contributed by atoms with Gasteiger partial charge in [0.15, 0.2) is 0 Å². The molecule has 1 heteroatoms. The molecular weight excluding hydrogens is 479 g/mol. The second-order valence-corrected chi connectivity index (χ2v) is 10.9. The topological polar surface area (TPSA) is 0 Å². The van der Waals surface area contributed by atoms with Crippen LogP contribution in [0.2, 0.25) is 0 Å². The molecule has 2 radical (unpaired) electrons. The lowest BCUT2D eigenvalue weighted by molar-refractivity contribution is 1.33. The van der Waals surface area contributed by atoms with Crippen molar-refractivity contribution in [2.24, 2.45) is 0 Å². The van der Waals surface area contributed by atoms with Gasteiger partial charge in [0.25, 0.3) is 0 Å². The summed E-state index contributed by atoms with van der Waals surface area (Å²) < 4.78 is 0. The van der Waals surface area contributed by atoms with Crippen molar-refractivity contribution in [1.82, 2.24) is 0 Å². The van der Waals surface area contributed by atoms with Gasteiger partial charge in [-0.3, -0.25) is 0 Å². The Hall–Kier alpha value is -4.62. The highest BCUT2D eigenvalue weighted by Gasteiger charge is 2.21. The van der Waals surface area contributed by atoms with Crippen LogP contribution in [0.3, 0.4) is 0 Å². The summed E-state index contributed by atoms with van der Waals surface area (Å²) >= 11 is 0. The number of aryl methyl sites for hydroxylation is 2. The number of fused-ring (bicyclic) bond motifs is 3. The second kappa shape index (κ2) is 9.54. The minimum absolute atomic E-state index is 0.872. The van der Waals surface area contributed by atoms with Crippen LogP contribution in [0.15, 0.2) is 121 Å². The van der Waals surface area contributed by atoms with Crippen molar-refractivity contribution in [3.05, 3.63) is 138 Å². The monoisotopic (exact) mass is 508 g/mol. The zero-order valence-electron chi connectivity index (χ0n) is 23.1. The largest absolute Gasteiger partial charge is 0.115 e. The number of benzene rings is 7. The molecule has 0 aliphatic heterocycles. The first kappa shape index (κ1) is 24.4. The first-order chi connectivity index (χ1) is 19.5. The Morgan fingerprint density at radius 1 is 0.425 bits per heavy atom. The smallest absolute Gasteiger partial charge is 0.0856 e. The van der Waals surface area contributed by atoms with E-state index in [2.05, 4.69) is 142 Å². The molecule has 0 unspecified atom stereocenters. The lowest BCUT2D eigenvalue weighted by atomic mass is 9.76. The third-order valence-electron chi connectivity index (χ3n) is 8.51. The molecule has 0 spiro atoms. The van der Waals surface area contributed by atoms with Gasteiger partial charge in [-0.1, -0.05) is 120 Å². The molecule has 0 saturated carbocycles. The van der Waals surface area contributed by atoms with Gasteiger partial charge in [-0.2, -0.15) is 0 Å². The van der Waals surface area contributed by atoms with Crippen molar-refractivity contribution >= 4 is 45.6 Å². The zero-order valence-corrected chi connectivity index (χ0v) is 23.1. The van der Waals surface area contributed by atoms with E-state index in [4.69, 9.17) is 7.85 Å². The summed E-state index contributed by atoms with van der Waals surface area (Å²) in [5.74, 6) is 0. The molecule has 0 aliphatic carbocycles. The molecular formula is C39H29B. The van der Waals surface area contributed by atoms with Gasteiger partial charge in [0, 0.05) is 0 Å². The average molecular weight is 508 g/mol. The van der Waals surface area contributed by atoms with E-state index < -0.39 is 0 Å². The minimum Gasteiger partial charge on any atom is -0.0856 e. The lowest BCUT2D eigenvalue weighted by Gasteiger charge is -2.23. The molecule has 0 aromatic heterocycles. The molecule has 0 amide bonds. The predicted molar refractivity (Wildman–Crippen MR) is 175 cm³/mol. The maximum Gasteiger partial charge on any atom is 0.115 e. The van der Waals surface area contributed by atoms with Gasteiger partial charge in [-0.15, -0.1) is 0 Å². The highest BCUT2D eigenvalue weighted by Crippen LogP contribution is 2.46. The van der Waals surface area contributed by atoms with Crippen molar-refractivity contribution in [3.8, 4) is 33.4 Å². The molecule has 0 N–H and O–H groups in total. The van der Waals surface area contributed by atoms with Gasteiger partial charge in [-0.25, -0.2) is 0 Å². The van der Waals surface area contributed by atoms with Crippen LogP contribution in [-0.4, -0.2) is 7.85 Å². The highest BCUT2D eigenvalue weighted by atomic mass is 14.2. The fourth-order valence-corrected chi connectivity index (χ4v) is 6.45. The summed E-state index contributed by atoms with van der Waals surface area (Å²) in [6.45, 7) is 6.46. The third-order valence-corrected chi connectivity index (χ3v) is 8.51. The van der Waals surface area contributed by atoms with Gasteiger partial charge in [0.2, 0.25) is 0 Å². The van der Waals surface area contributed by atoms with Gasteiger partial charge >= 0.3 is 0 Å². The van der Waals surface area contributed by atoms with Gasteiger partial charge in [0.05, 0.1) is 0 Å². The van der Waals surface area contributed by atoms with Crippen LogP contribution in [0.4, 0.5) is 0 Å². The van der Waals surface area contributed by atoms with Crippen LogP contribution >= 0.6 is 0 Å². The summed E-state index contributed by atoms with van der Waals surface area (Å²) in [5, 5.41) is 7.43. The average Bonchev–Trinajstić information content (AvgIpc) is 2.99. The quantitative estimate of drug-likeness (QED) is 0.165. The SMILES string of the molecule is [B]c1c(C)c(C)cc(C)c1-c1c2ccccc2c(-c2cc(-c3ccccc3)cc3ccccc23)c2ccccc12. The van der Waals surface area contributed by atoms with E-state index in [1.54, 1.807) is 0 Å². The first-order valence-corrected chi connectivity index (χ1v) is 13.9. The molecule has 0 fully saturated rings. The maximum atomic E-state index is 6.91. The number of hydrogen-bond acceptors (Lipinski definition) is 0. The van der Waals surface area contributed by atoms with E-state index in [9.17, 15) is 0 Å². The first-order valence-electron chi connectivity index (χ1n) is 13.9. The Balaban J connectivity index is 1.67. The van der Waals surface area contributed by atoms with Crippen molar-refractivity contribution in [2.75, 3.05) is 0 Å². The minimum atomic E-state index is 0.872. The van der Waals surface area contributed by atoms with Gasteiger partial charge in [-0.05, 0) is 110 Å². The molecule has 40 heavy (non-hydrogen) atoms. The summed E-state index contributed by atoms with van der Waals surface area (Å²) in [7, 11) is 6.91. The van der Waals surface area contributed by atoms with Crippen LogP contribution in [0, 0.1) is 20.8 Å². The van der Waals surface area contributed by atoms with Crippen LogP contribution in [0.5, 0.6) is 0 Å². The van der Waals surface area contributed by atoms with E-state index >= 15 is 0 Å². The Morgan fingerprint density at radius 2 is 0.950 bits per heavy atom. The van der Waals surface area contributed by atoms with Crippen molar-refractivity contribution < 1.29 is 0 Å². The number of hydrogen-bond donors (Lipinski definition) is 0. The van der Waals surface area contributed by atoms with Crippen LogP contribution in [-0.2, 0) is 0 Å². The van der Waals surface area contributed by atoms with Gasteiger partial charge in [0.1, 0.15) is 7.85 Å². The summed E-state index contributed by atoms with van der Waals surface area (Å²) in [4.78, 5) is 0. The second-order valence-electron chi connectivity index (χ2n) is 10.9. The van der Waals surface area contributed by atoms with Gasteiger partial charge < -0.3 is 0 Å². The van der Waals surface area contributed by atoms with E-state index in [1.807, 2.05) is 0 Å². The standard InChI is InChI=1S/C39H29B/c1-24-21-25(2)36(39(40)26(24)3)38-33-19-11-9-17-31(33)37(32-18-10-12-20-34(32)38)35-23-29(27-13-5-4-6-14-27)22-28-15-7-8-16-30(28)35/h4-23H,1-3H3. The Labute approximate surface area is 237 Å². The van der Waals surface area contributed by atoms with Crippen LogP contribution in [0.25, 0.3) is 65.7 Å². The Morgan fingerprint density at radius 3 is 1.57 bits per heavy atom. The summed E-state index contributed by atoms with van der Waals surface area (Å²) in [6.07, 6.45) is 0. The highest BCUT2D eigenvalue weighted by molar-refractivity contribution is 6.39. The van der Waals surface area contributed by atoms with Crippen molar-refractivity contribution in [1.29, 1.82) is 0 Å². The van der Waals surface area contributed by atoms with E-state index in [-0.39, 0.29) is 0 Å². The fraction of sp³-hybridized carbons (Fsp3) is 0.0769. The zero-order chi connectivity index (χ0) is 27.4. The number of rotatable bonds is 3. The normalized spacial score (nSPS) is 11.5. The third kappa shape index (κ3) is 3.77. The molecule has 0 aliphatic rings.